The van der Waals surface area contributed by atoms with Crippen LogP contribution in [0.3, 0.4) is 0 Å². The minimum absolute atomic E-state index is 0.624. The third-order valence-electron chi connectivity index (χ3n) is 3.04. The van der Waals surface area contributed by atoms with Crippen molar-refractivity contribution in [3.05, 3.63) is 36.4 Å². The van der Waals surface area contributed by atoms with Gasteiger partial charge in [-0.15, -0.1) is 0 Å². The zero-order chi connectivity index (χ0) is 13.9. The van der Waals surface area contributed by atoms with E-state index in [0.717, 1.165) is 28.5 Å². The van der Waals surface area contributed by atoms with E-state index in [1.807, 2.05) is 50.4 Å². The SMILES string of the molecule is CCOc1ccccc1-c1nc2nc(NC)ccc2[nH]1. The Hall–Kier alpha value is -2.56. The molecule has 0 unspecified atom stereocenters. The molecule has 2 N–H and O–H groups in total. The summed E-state index contributed by atoms with van der Waals surface area (Å²) in [5.41, 5.74) is 2.54. The van der Waals surface area contributed by atoms with Gasteiger partial charge < -0.3 is 15.0 Å². The van der Waals surface area contributed by atoms with Gasteiger partial charge in [0.25, 0.3) is 0 Å². The first kappa shape index (κ1) is 12.5. The van der Waals surface area contributed by atoms with Crippen LogP contribution in [-0.4, -0.2) is 28.6 Å². The van der Waals surface area contributed by atoms with Crippen LogP contribution >= 0.6 is 0 Å². The van der Waals surface area contributed by atoms with Crippen LogP contribution in [0.5, 0.6) is 5.75 Å². The van der Waals surface area contributed by atoms with Crippen LogP contribution in [0.4, 0.5) is 5.82 Å². The smallest absolute Gasteiger partial charge is 0.180 e. The number of ether oxygens (including phenoxy) is 1. The number of hydrogen-bond acceptors (Lipinski definition) is 4. The molecule has 3 aromatic rings. The van der Waals surface area contributed by atoms with Gasteiger partial charge >= 0.3 is 0 Å². The Balaban J connectivity index is 2.10. The molecule has 0 fully saturated rings. The molecule has 0 atom stereocenters. The lowest BCUT2D eigenvalue weighted by atomic mass is 10.2. The Bertz CT molecular complexity index is 736. The summed E-state index contributed by atoms with van der Waals surface area (Å²) in [7, 11) is 1.84. The predicted octanol–water partition coefficient (Wildman–Crippen LogP) is 3.07. The van der Waals surface area contributed by atoms with Crippen LogP contribution in [-0.2, 0) is 0 Å². The lowest BCUT2D eigenvalue weighted by Gasteiger charge is -2.07. The van der Waals surface area contributed by atoms with Crippen LogP contribution in [0, 0.1) is 0 Å². The van der Waals surface area contributed by atoms with Crippen molar-refractivity contribution in [3.63, 3.8) is 0 Å². The molecule has 5 nitrogen and oxygen atoms in total. The molecule has 0 spiro atoms. The summed E-state index contributed by atoms with van der Waals surface area (Å²) in [5, 5.41) is 3.01. The molecule has 0 saturated carbocycles. The molecule has 2 heterocycles. The molecule has 2 aromatic heterocycles. The zero-order valence-corrected chi connectivity index (χ0v) is 11.5. The van der Waals surface area contributed by atoms with Crippen LogP contribution in [0.1, 0.15) is 6.92 Å². The molecule has 0 radical (unpaired) electrons. The first-order valence-corrected chi connectivity index (χ1v) is 6.58. The second kappa shape index (κ2) is 5.21. The van der Waals surface area contributed by atoms with Gasteiger partial charge in [-0.25, -0.2) is 9.97 Å². The molecule has 0 saturated heterocycles. The van der Waals surface area contributed by atoms with E-state index < -0.39 is 0 Å². The Morgan fingerprint density at radius 2 is 2.00 bits per heavy atom. The number of hydrogen-bond donors (Lipinski definition) is 2. The first-order valence-electron chi connectivity index (χ1n) is 6.58. The van der Waals surface area contributed by atoms with E-state index in [2.05, 4.69) is 20.3 Å². The van der Waals surface area contributed by atoms with E-state index in [0.29, 0.717) is 12.3 Å². The molecule has 0 aliphatic heterocycles. The number of aromatic nitrogens is 3. The minimum atomic E-state index is 0.624. The number of fused-ring (bicyclic) bond motifs is 1. The molecule has 1 aromatic carbocycles. The highest BCUT2D eigenvalue weighted by atomic mass is 16.5. The number of rotatable bonds is 4. The van der Waals surface area contributed by atoms with Crippen LogP contribution in [0.15, 0.2) is 36.4 Å². The average Bonchev–Trinajstić information content (AvgIpc) is 2.90. The van der Waals surface area contributed by atoms with Gasteiger partial charge in [-0.1, -0.05) is 12.1 Å². The van der Waals surface area contributed by atoms with Crippen LogP contribution in [0.2, 0.25) is 0 Å². The maximum Gasteiger partial charge on any atom is 0.180 e. The average molecular weight is 268 g/mol. The summed E-state index contributed by atoms with van der Waals surface area (Å²) in [6, 6.07) is 11.7. The fourth-order valence-electron chi connectivity index (χ4n) is 2.10. The molecular formula is C15H16N4O. The van der Waals surface area contributed by atoms with E-state index in [1.54, 1.807) is 0 Å². The van der Waals surface area contributed by atoms with Gasteiger partial charge in [0.15, 0.2) is 5.65 Å². The fourth-order valence-corrected chi connectivity index (χ4v) is 2.10. The van der Waals surface area contributed by atoms with E-state index in [-0.39, 0.29) is 0 Å². The van der Waals surface area contributed by atoms with Gasteiger partial charge in [0.2, 0.25) is 0 Å². The van der Waals surface area contributed by atoms with E-state index >= 15 is 0 Å². The Labute approximate surface area is 117 Å². The van der Waals surface area contributed by atoms with Crippen molar-refractivity contribution in [2.45, 2.75) is 6.92 Å². The Morgan fingerprint density at radius 3 is 2.80 bits per heavy atom. The highest BCUT2D eigenvalue weighted by Crippen LogP contribution is 2.29. The molecular weight excluding hydrogens is 252 g/mol. The third kappa shape index (κ3) is 2.18. The maximum absolute atomic E-state index is 5.64. The number of pyridine rings is 1. The largest absolute Gasteiger partial charge is 0.493 e. The van der Waals surface area contributed by atoms with Crippen molar-refractivity contribution < 1.29 is 4.74 Å². The molecule has 20 heavy (non-hydrogen) atoms. The second-order valence-electron chi connectivity index (χ2n) is 4.33. The number of imidazole rings is 1. The highest BCUT2D eigenvalue weighted by Gasteiger charge is 2.11. The van der Waals surface area contributed by atoms with Crippen molar-refractivity contribution in [1.82, 2.24) is 15.0 Å². The van der Waals surface area contributed by atoms with Gasteiger partial charge in [-0.05, 0) is 31.2 Å². The summed E-state index contributed by atoms with van der Waals surface area (Å²) in [5.74, 6) is 2.39. The molecule has 3 rings (SSSR count). The van der Waals surface area contributed by atoms with Crippen LogP contribution < -0.4 is 10.1 Å². The number of nitrogens with one attached hydrogen (secondary N) is 2. The van der Waals surface area contributed by atoms with E-state index in [4.69, 9.17) is 4.74 Å². The molecule has 102 valence electrons. The van der Waals surface area contributed by atoms with Crippen molar-refractivity contribution in [3.8, 4) is 17.1 Å². The first-order chi connectivity index (χ1) is 9.81. The maximum atomic E-state index is 5.64. The van der Waals surface area contributed by atoms with Crippen molar-refractivity contribution in [2.75, 3.05) is 19.0 Å². The summed E-state index contributed by atoms with van der Waals surface area (Å²) < 4.78 is 5.64. The van der Waals surface area contributed by atoms with Gasteiger partial charge in [0, 0.05) is 7.05 Å². The monoisotopic (exact) mass is 268 g/mol. The number of para-hydroxylation sites is 1. The summed E-state index contributed by atoms with van der Waals surface area (Å²) in [6.07, 6.45) is 0. The number of H-pyrrole nitrogens is 1. The van der Waals surface area contributed by atoms with Gasteiger partial charge in [-0.3, -0.25) is 0 Å². The van der Waals surface area contributed by atoms with Crippen molar-refractivity contribution >= 4 is 17.0 Å². The quantitative estimate of drug-likeness (QED) is 0.763. The molecule has 0 aliphatic carbocycles. The van der Waals surface area contributed by atoms with Gasteiger partial charge in [0.1, 0.15) is 17.4 Å². The molecule has 0 bridgehead atoms. The number of benzene rings is 1. The van der Waals surface area contributed by atoms with E-state index in [1.165, 1.54) is 0 Å². The highest BCUT2D eigenvalue weighted by molar-refractivity contribution is 5.79. The predicted molar refractivity (Wildman–Crippen MR) is 80.0 cm³/mol. The second-order valence-corrected chi connectivity index (χ2v) is 4.33. The number of aromatic amines is 1. The normalized spacial score (nSPS) is 10.7. The standard InChI is InChI=1S/C15H16N4O/c1-3-20-12-7-5-4-6-10(12)14-17-11-8-9-13(16-2)18-15(11)19-14/h4-9H,3H2,1-2H3,(H2,16,17,18,19). The van der Waals surface area contributed by atoms with Crippen molar-refractivity contribution in [2.24, 2.45) is 0 Å². The van der Waals surface area contributed by atoms with E-state index in [9.17, 15) is 0 Å². The molecule has 0 amide bonds. The summed E-state index contributed by atoms with van der Waals surface area (Å²) >= 11 is 0. The van der Waals surface area contributed by atoms with Crippen molar-refractivity contribution in [1.29, 1.82) is 0 Å². The summed E-state index contributed by atoms with van der Waals surface area (Å²) in [6.45, 7) is 2.59. The molecule has 0 aliphatic rings. The molecule has 5 heteroatoms. The third-order valence-corrected chi connectivity index (χ3v) is 3.04. The fraction of sp³-hybridized carbons (Fsp3) is 0.200. The lowest BCUT2D eigenvalue weighted by Crippen LogP contribution is -1.94. The zero-order valence-electron chi connectivity index (χ0n) is 11.5. The minimum Gasteiger partial charge on any atom is -0.493 e. The van der Waals surface area contributed by atoms with Gasteiger partial charge in [-0.2, -0.15) is 0 Å². The van der Waals surface area contributed by atoms with Crippen LogP contribution in [0.25, 0.3) is 22.6 Å². The lowest BCUT2D eigenvalue weighted by molar-refractivity contribution is 0.341. The van der Waals surface area contributed by atoms with Gasteiger partial charge in [0.05, 0.1) is 17.7 Å². The summed E-state index contributed by atoms with van der Waals surface area (Å²) in [4.78, 5) is 12.2. The Morgan fingerprint density at radius 1 is 1.15 bits per heavy atom. The Kier molecular flexibility index (Phi) is 3.25. The number of nitrogens with zero attached hydrogens (tertiary/aromatic N) is 2. The topological polar surface area (TPSA) is 62.8 Å². The number of anilines is 1.